The molecule has 4 nitrogen and oxygen atoms in total. The van der Waals surface area contributed by atoms with Gasteiger partial charge in [-0.1, -0.05) is 72.8 Å². The predicted molar refractivity (Wildman–Crippen MR) is 108 cm³/mol. The highest BCUT2D eigenvalue weighted by Gasteiger charge is 2.66. The summed E-state index contributed by atoms with van der Waals surface area (Å²) in [7, 11) is 1.53. The van der Waals surface area contributed by atoms with E-state index in [-0.39, 0.29) is 6.54 Å². The Balaban J connectivity index is 1.69. The molecule has 1 aliphatic heterocycles. The van der Waals surface area contributed by atoms with Crippen molar-refractivity contribution < 1.29 is 19.0 Å². The molecule has 0 saturated carbocycles. The molecule has 0 spiro atoms. The second kappa shape index (κ2) is 7.68. The van der Waals surface area contributed by atoms with Gasteiger partial charge >= 0.3 is 0 Å². The highest BCUT2D eigenvalue weighted by molar-refractivity contribution is 5.94. The summed E-state index contributed by atoms with van der Waals surface area (Å²) in [5.74, 6) is -0.113. The number of carbonyl (C=O) groups is 1. The standard InChI is InChI=1S/C24H22FNO3/c1-29-20-14-12-19(13-15-20)22(27)24(25)21(18-10-6-3-7-11-18)26(23(24)28)16-17-8-4-2-5-9-17/h2-15,21-22,27H,16H2,1H3/t21-,22?,24-/m0/s1. The van der Waals surface area contributed by atoms with E-state index in [2.05, 4.69) is 0 Å². The van der Waals surface area contributed by atoms with Gasteiger partial charge in [0.2, 0.25) is 5.67 Å². The van der Waals surface area contributed by atoms with E-state index in [4.69, 9.17) is 4.74 Å². The number of halogens is 1. The number of nitrogens with zero attached hydrogens (tertiary/aromatic N) is 1. The Kier molecular flexibility index (Phi) is 5.07. The Labute approximate surface area is 169 Å². The fourth-order valence-electron chi connectivity index (χ4n) is 3.91. The first-order chi connectivity index (χ1) is 14.1. The van der Waals surface area contributed by atoms with Crippen LogP contribution in [-0.4, -0.2) is 28.7 Å². The van der Waals surface area contributed by atoms with Gasteiger partial charge in [-0.15, -0.1) is 0 Å². The number of benzene rings is 3. The molecule has 0 aliphatic carbocycles. The van der Waals surface area contributed by atoms with E-state index < -0.39 is 23.7 Å². The molecule has 5 heteroatoms. The number of methoxy groups -OCH3 is 1. The van der Waals surface area contributed by atoms with Gasteiger partial charge in [-0.2, -0.15) is 0 Å². The fraction of sp³-hybridized carbons (Fsp3) is 0.208. The van der Waals surface area contributed by atoms with Crippen molar-refractivity contribution in [3.8, 4) is 5.75 Å². The third-order valence-corrected chi connectivity index (χ3v) is 5.44. The van der Waals surface area contributed by atoms with Gasteiger partial charge < -0.3 is 14.7 Å². The SMILES string of the molecule is COc1ccc(C(O)[C@]2(F)C(=O)N(Cc3ccccc3)[C@H]2c2ccccc2)cc1. The van der Waals surface area contributed by atoms with E-state index in [1.165, 1.54) is 12.0 Å². The maximum absolute atomic E-state index is 16.2. The van der Waals surface area contributed by atoms with Crippen molar-refractivity contribution in [3.63, 3.8) is 0 Å². The minimum atomic E-state index is -2.44. The molecule has 29 heavy (non-hydrogen) atoms. The van der Waals surface area contributed by atoms with Gasteiger partial charge in [0.25, 0.3) is 5.91 Å². The van der Waals surface area contributed by atoms with Gasteiger partial charge in [0, 0.05) is 6.54 Å². The number of carbonyl (C=O) groups excluding carboxylic acids is 1. The smallest absolute Gasteiger partial charge is 0.266 e. The molecule has 1 heterocycles. The number of alkyl halides is 1. The molecule has 3 aromatic rings. The Bertz CT molecular complexity index is 978. The van der Waals surface area contributed by atoms with Crippen LogP contribution in [0.4, 0.5) is 4.39 Å². The van der Waals surface area contributed by atoms with E-state index in [0.717, 1.165) is 5.56 Å². The highest BCUT2D eigenvalue weighted by atomic mass is 19.1. The number of β-lactam (4-membered cyclic amide) rings is 1. The third kappa shape index (κ3) is 3.28. The maximum Gasteiger partial charge on any atom is 0.266 e. The van der Waals surface area contributed by atoms with Crippen LogP contribution in [0.25, 0.3) is 0 Å². The summed E-state index contributed by atoms with van der Waals surface area (Å²) in [4.78, 5) is 14.5. The predicted octanol–water partition coefficient (Wildman–Crippen LogP) is 4.22. The average Bonchev–Trinajstić information content (AvgIpc) is 2.79. The Hall–Kier alpha value is -3.18. The molecule has 1 N–H and O–H groups in total. The van der Waals surface area contributed by atoms with E-state index in [9.17, 15) is 9.90 Å². The molecule has 1 amide bonds. The Morgan fingerprint density at radius 2 is 1.59 bits per heavy atom. The number of ether oxygens (including phenoxy) is 1. The van der Waals surface area contributed by atoms with E-state index in [1.54, 1.807) is 48.5 Å². The number of hydrogen-bond donors (Lipinski definition) is 1. The molecule has 3 aromatic carbocycles. The van der Waals surface area contributed by atoms with Gasteiger partial charge in [-0.05, 0) is 28.8 Å². The van der Waals surface area contributed by atoms with Crippen LogP contribution in [0.1, 0.15) is 28.8 Å². The van der Waals surface area contributed by atoms with Crippen LogP contribution in [0.3, 0.4) is 0 Å². The molecule has 1 unspecified atom stereocenters. The summed E-state index contributed by atoms with van der Waals surface area (Å²) in [6.45, 7) is 0.278. The van der Waals surface area contributed by atoms with Gasteiger partial charge in [0.1, 0.15) is 17.9 Å². The first-order valence-corrected chi connectivity index (χ1v) is 9.46. The first-order valence-electron chi connectivity index (χ1n) is 9.46. The van der Waals surface area contributed by atoms with Crippen LogP contribution in [0.2, 0.25) is 0 Å². The lowest BCUT2D eigenvalue weighted by molar-refractivity contribution is -0.197. The molecule has 0 aromatic heterocycles. The summed E-state index contributed by atoms with van der Waals surface area (Å²) in [6, 6.07) is 24.0. The van der Waals surface area contributed by atoms with Crippen LogP contribution in [0.5, 0.6) is 5.75 Å². The van der Waals surface area contributed by atoms with Crippen LogP contribution in [0, 0.1) is 0 Å². The molecule has 148 valence electrons. The minimum absolute atomic E-state index is 0.278. The first kappa shape index (κ1) is 19.2. The zero-order chi connectivity index (χ0) is 20.4. The molecule has 1 saturated heterocycles. The van der Waals surface area contributed by atoms with Crippen molar-refractivity contribution in [2.24, 2.45) is 0 Å². The van der Waals surface area contributed by atoms with Gasteiger partial charge in [-0.25, -0.2) is 4.39 Å². The van der Waals surface area contributed by atoms with Gasteiger partial charge in [-0.3, -0.25) is 4.79 Å². The normalized spacial score (nSPS) is 22.1. The number of rotatable bonds is 6. The van der Waals surface area contributed by atoms with E-state index >= 15 is 4.39 Å². The molecular weight excluding hydrogens is 369 g/mol. The summed E-state index contributed by atoms with van der Waals surface area (Å²) < 4.78 is 21.3. The second-order valence-electron chi connectivity index (χ2n) is 7.18. The maximum atomic E-state index is 16.2. The molecule has 0 radical (unpaired) electrons. The Morgan fingerprint density at radius 3 is 2.17 bits per heavy atom. The number of aliphatic hydroxyl groups is 1. The monoisotopic (exact) mass is 391 g/mol. The van der Waals surface area contributed by atoms with E-state index in [1.807, 2.05) is 36.4 Å². The zero-order valence-corrected chi connectivity index (χ0v) is 16.0. The van der Waals surface area contributed by atoms with Crippen molar-refractivity contribution in [1.82, 2.24) is 4.90 Å². The second-order valence-corrected chi connectivity index (χ2v) is 7.18. The van der Waals surface area contributed by atoms with Gasteiger partial charge in [0.15, 0.2) is 0 Å². The number of amides is 1. The average molecular weight is 391 g/mol. The molecule has 4 rings (SSSR count). The summed E-state index contributed by atoms with van der Waals surface area (Å²) >= 11 is 0. The lowest BCUT2D eigenvalue weighted by atomic mass is 9.73. The van der Waals surface area contributed by atoms with Crippen LogP contribution < -0.4 is 4.74 Å². The summed E-state index contributed by atoms with van der Waals surface area (Å²) in [5, 5.41) is 10.9. The molecular formula is C24H22FNO3. The number of aliphatic hydroxyl groups excluding tert-OH is 1. The van der Waals surface area contributed by atoms with E-state index in [0.29, 0.717) is 16.9 Å². The molecule has 1 fully saturated rings. The topological polar surface area (TPSA) is 49.8 Å². The Morgan fingerprint density at radius 1 is 1.00 bits per heavy atom. The fourth-order valence-corrected chi connectivity index (χ4v) is 3.91. The lowest BCUT2D eigenvalue weighted by Crippen LogP contribution is -2.67. The highest BCUT2D eigenvalue weighted by Crippen LogP contribution is 2.53. The lowest BCUT2D eigenvalue weighted by Gasteiger charge is -2.53. The quantitative estimate of drug-likeness (QED) is 0.640. The van der Waals surface area contributed by atoms with Crippen molar-refractivity contribution in [2.45, 2.75) is 24.4 Å². The molecule has 1 aliphatic rings. The number of likely N-dealkylation sites (tertiary alicyclic amines) is 1. The van der Waals surface area contributed by atoms with Crippen molar-refractivity contribution in [1.29, 1.82) is 0 Å². The van der Waals surface area contributed by atoms with Crippen molar-refractivity contribution in [2.75, 3.05) is 7.11 Å². The third-order valence-electron chi connectivity index (χ3n) is 5.44. The molecule has 3 atom stereocenters. The summed E-state index contributed by atoms with van der Waals surface area (Å²) in [5.41, 5.74) is -0.548. The largest absolute Gasteiger partial charge is 0.497 e. The van der Waals surface area contributed by atoms with Gasteiger partial charge in [0.05, 0.1) is 7.11 Å². The van der Waals surface area contributed by atoms with Crippen LogP contribution in [-0.2, 0) is 11.3 Å². The molecule has 0 bridgehead atoms. The van der Waals surface area contributed by atoms with Crippen LogP contribution in [0.15, 0.2) is 84.9 Å². The van der Waals surface area contributed by atoms with Crippen molar-refractivity contribution in [3.05, 3.63) is 102 Å². The zero-order valence-electron chi connectivity index (χ0n) is 16.0. The van der Waals surface area contributed by atoms with Crippen molar-refractivity contribution >= 4 is 5.91 Å². The minimum Gasteiger partial charge on any atom is -0.497 e. The number of hydrogen-bond acceptors (Lipinski definition) is 3. The van der Waals surface area contributed by atoms with Crippen LogP contribution >= 0.6 is 0 Å². The summed E-state index contributed by atoms with van der Waals surface area (Å²) in [6.07, 6.45) is -1.59.